The number of aliphatic hydroxyl groups excluding tert-OH is 1. The molecular formula is C26H29N5O3. The summed E-state index contributed by atoms with van der Waals surface area (Å²) in [5.74, 6) is -0.0286. The lowest BCUT2D eigenvalue weighted by Gasteiger charge is -2.13. The second-order valence-electron chi connectivity index (χ2n) is 8.42. The molecule has 4 N–H and O–H groups in total. The molecule has 2 aromatic heterocycles. The molecule has 0 aliphatic rings. The van der Waals surface area contributed by atoms with Crippen molar-refractivity contribution in [2.24, 2.45) is 0 Å². The van der Waals surface area contributed by atoms with Gasteiger partial charge in [0.1, 0.15) is 6.54 Å². The van der Waals surface area contributed by atoms with E-state index in [0.29, 0.717) is 25.2 Å². The van der Waals surface area contributed by atoms with Gasteiger partial charge in [0.15, 0.2) is 5.82 Å². The van der Waals surface area contributed by atoms with Gasteiger partial charge in [0, 0.05) is 42.1 Å². The predicted molar refractivity (Wildman–Crippen MR) is 133 cm³/mol. The van der Waals surface area contributed by atoms with Crippen LogP contribution in [0.1, 0.15) is 27.9 Å². The minimum Gasteiger partial charge on any atom is -0.392 e. The van der Waals surface area contributed by atoms with E-state index in [2.05, 4.69) is 26.7 Å². The van der Waals surface area contributed by atoms with Gasteiger partial charge in [-0.1, -0.05) is 30.3 Å². The van der Waals surface area contributed by atoms with Crippen LogP contribution in [0.3, 0.4) is 0 Å². The molecule has 0 radical (unpaired) electrons. The van der Waals surface area contributed by atoms with E-state index in [4.69, 9.17) is 0 Å². The highest BCUT2D eigenvalue weighted by Crippen LogP contribution is 2.18. The molecular weight excluding hydrogens is 430 g/mol. The van der Waals surface area contributed by atoms with Crippen LogP contribution in [0.2, 0.25) is 0 Å². The first-order valence-electron chi connectivity index (χ1n) is 11.3. The molecule has 0 bridgehead atoms. The Morgan fingerprint density at radius 3 is 2.76 bits per heavy atom. The number of hydrogen-bond acceptors (Lipinski definition) is 5. The van der Waals surface area contributed by atoms with Crippen LogP contribution in [0.25, 0.3) is 10.9 Å². The molecule has 0 unspecified atom stereocenters. The fourth-order valence-corrected chi connectivity index (χ4v) is 3.91. The molecule has 0 saturated carbocycles. The molecule has 2 aromatic carbocycles. The molecule has 8 heteroatoms. The van der Waals surface area contributed by atoms with Crippen molar-refractivity contribution >= 4 is 22.6 Å². The van der Waals surface area contributed by atoms with Crippen molar-refractivity contribution in [1.29, 1.82) is 0 Å². The molecule has 8 nitrogen and oxygen atoms in total. The summed E-state index contributed by atoms with van der Waals surface area (Å²) in [6.07, 6.45) is 4.23. The lowest BCUT2D eigenvalue weighted by atomic mass is 10.1. The number of carbonyl (C=O) groups excluding carboxylic acids is 1. The van der Waals surface area contributed by atoms with Crippen LogP contribution in [-0.4, -0.2) is 32.1 Å². The zero-order valence-electron chi connectivity index (χ0n) is 19.4. The monoisotopic (exact) mass is 459 g/mol. The van der Waals surface area contributed by atoms with Crippen molar-refractivity contribution < 1.29 is 9.90 Å². The number of carbonyl (C=O) groups is 1. The average Bonchev–Trinajstić information content (AvgIpc) is 3.22. The first-order valence-corrected chi connectivity index (χ1v) is 11.3. The van der Waals surface area contributed by atoms with E-state index in [1.165, 1.54) is 4.57 Å². The number of rotatable bonds is 9. The third kappa shape index (κ3) is 5.35. The highest BCUT2D eigenvalue weighted by atomic mass is 16.3. The number of anilines is 1. The van der Waals surface area contributed by atoms with Gasteiger partial charge < -0.3 is 20.7 Å². The predicted octanol–water partition coefficient (Wildman–Crippen LogP) is 2.80. The Morgan fingerprint density at radius 1 is 1.12 bits per heavy atom. The Hall–Kier alpha value is -3.91. The van der Waals surface area contributed by atoms with Crippen LogP contribution in [0.4, 0.5) is 5.82 Å². The summed E-state index contributed by atoms with van der Waals surface area (Å²) < 4.78 is 1.43. The molecule has 176 valence electrons. The third-order valence-corrected chi connectivity index (χ3v) is 5.88. The van der Waals surface area contributed by atoms with Crippen molar-refractivity contribution in [3.63, 3.8) is 0 Å². The van der Waals surface area contributed by atoms with E-state index in [1.807, 2.05) is 49.5 Å². The highest BCUT2D eigenvalue weighted by Gasteiger charge is 2.12. The van der Waals surface area contributed by atoms with Crippen molar-refractivity contribution in [1.82, 2.24) is 19.9 Å². The molecule has 0 spiro atoms. The van der Waals surface area contributed by atoms with E-state index in [0.717, 1.165) is 33.2 Å². The topological polar surface area (TPSA) is 112 Å². The van der Waals surface area contributed by atoms with Gasteiger partial charge in [0.05, 0.1) is 6.61 Å². The van der Waals surface area contributed by atoms with Crippen molar-refractivity contribution in [3.05, 3.63) is 93.2 Å². The van der Waals surface area contributed by atoms with Gasteiger partial charge in [-0.05, 0) is 54.7 Å². The Kier molecular flexibility index (Phi) is 7.08. The SMILES string of the molecule is Cc1c[nH]c2ccc(CNC(=O)Cn3c(C)cnc(NCCc4cccc(CO)c4)c3=O)cc12. The molecule has 0 fully saturated rings. The molecule has 4 aromatic rings. The zero-order valence-corrected chi connectivity index (χ0v) is 19.4. The van der Waals surface area contributed by atoms with Gasteiger partial charge in [-0.25, -0.2) is 4.98 Å². The molecule has 0 atom stereocenters. The quantitative estimate of drug-likeness (QED) is 0.308. The molecule has 4 rings (SSSR count). The van der Waals surface area contributed by atoms with Gasteiger partial charge in [-0.2, -0.15) is 0 Å². The fourth-order valence-electron chi connectivity index (χ4n) is 3.91. The largest absolute Gasteiger partial charge is 0.392 e. The average molecular weight is 460 g/mol. The molecule has 2 heterocycles. The molecule has 34 heavy (non-hydrogen) atoms. The van der Waals surface area contributed by atoms with E-state index in [9.17, 15) is 14.7 Å². The molecule has 0 saturated heterocycles. The molecule has 0 aliphatic carbocycles. The Morgan fingerprint density at radius 2 is 1.94 bits per heavy atom. The van der Waals surface area contributed by atoms with E-state index in [1.54, 1.807) is 13.1 Å². The number of nitrogens with one attached hydrogen (secondary N) is 3. The maximum atomic E-state index is 12.9. The fraction of sp³-hybridized carbons (Fsp3) is 0.269. The maximum Gasteiger partial charge on any atom is 0.293 e. The van der Waals surface area contributed by atoms with Gasteiger partial charge in [0.2, 0.25) is 5.91 Å². The standard InChI is InChI=1S/C26H29N5O3/c1-17-12-28-23-7-6-20(11-22(17)23)14-29-24(33)15-31-18(2)13-30-25(26(31)34)27-9-8-19-4-3-5-21(10-19)16-32/h3-7,10-13,28,32H,8-9,14-16H2,1-2H3,(H,27,30)(H,29,33). The zero-order chi connectivity index (χ0) is 24.1. The number of aromatic nitrogens is 3. The maximum absolute atomic E-state index is 12.9. The number of aryl methyl sites for hydroxylation is 2. The second-order valence-corrected chi connectivity index (χ2v) is 8.42. The number of amides is 1. The number of aliphatic hydroxyl groups is 1. The first kappa shape index (κ1) is 23.3. The van der Waals surface area contributed by atoms with Crippen LogP contribution in [0.5, 0.6) is 0 Å². The summed E-state index contributed by atoms with van der Waals surface area (Å²) in [7, 11) is 0. The number of H-pyrrole nitrogens is 1. The second kappa shape index (κ2) is 10.4. The number of nitrogens with zero attached hydrogens (tertiary/aromatic N) is 2. The lowest BCUT2D eigenvalue weighted by Crippen LogP contribution is -2.34. The first-order chi connectivity index (χ1) is 16.4. The van der Waals surface area contributed by atoms with Gasteiger partial charge in [-0.15, -0.1) is 0 Å². The third-order valence-electron chi connectivity index (χ3n) is 5.88. The number of benzene rings is 2. The van der Waals surface area contributed by atoms with Crippen LogP contribution < -0.4 is 16.2 Å². The minimum absolute atomic E-state index is 0.00602. The van der Waals surface area contributed by atoms with Crippen LogP contribution in [0.15, 0.2) is 59.7 Å². The molecule has 1 amide bonds. The Balaban J connectivity index is 1.37. The van der Waals surface area contributed by atoms with Gasteiger partial charge in [0.25, 0.3) is 5.56 Å². The summed E-state index contributed by atoms with van der Waals surface area (Å²) >= 11 is 0. The van der Waals surface area contributed by atoms with E-state index >= 15 is 0 Å². The van der Waals surface area contributed by atoms with E-state index < -0.39 is 0 Å². The smallest absolute Gasteiger partial charge is 0.293 e. The van der Waals surface area contributed by atoms with Gasteiger partial charge in [-0.3, -0.25) is 14.2 Å². The number of fused-ring (bicyclic) bond motifs is 1. The van der Waals surface area contributed by atoms with Crippen molar-refractivity contribution in [2.75, 3.05) is 11.9 Å². The number of aromatic amines is 1. The Labute approximate surface area is 197 Å². The minimum atomic E-state index is -0.330. The highest BCUT2D eigenvalue weighted by molar-refractivity contribution is 5.83. The number of hydrogen-bond donors (Lipinski definition) is 4. The van der Waals surface area contributed by atoms with Crippen molar-refractivity contribution in [3.8, 4) is 0 Å². The van der Waals surface area contributed by atoms with Crippen LogP contribution in [-0.2, 0) is 30.9 Å². The summed E-state index contributed by atoms with van der Waals surface area (Å²) in [6.45, 7) is 4.61. The van der Waals surface area contributed by atoms with Gasteiger partial charge >= 0.3 is 0 Å². The van der Waals surface area contributed by atoms with Crippen LogP contribution in [0, 0.1) is 13.8 Å². The summed E-state index contributed by atoms with van der Waals surface area (Å²) in [6, 6.07) is 13.7. The lowest BCUT2D eigenvalue weighted by molar-refractivity contribution is -0.121. The van der Waals surface area contributed by atoms with Crippen LogP contribution >= 0.6 is 0 Å². The Bertz CT molecular complexity index is 1370. The summed E-state index contributed by atoms with van der Waals surface area (Å²) in [5, 5.41) is 16.4. The summed E-state index contributed by atoms with van der Waals surface area (Å²) in [4.78, 5) is 33.0. The van der Waals surface area contributed by atoms with E-state index in [-0.39, 0.29) is 30.4 Å². The molecule has 0 aliphatic heterocycles. The normalized spacial score (nSPS) is 11.0. The summed E-state index contributed by atoms with van der Waals surface area (Å²) in [5.41, 5.74) is 5.40. The van der Waals surface area contributed by atoms with Crippen molar-refractivity contribution in [2.45, 2.75) is 40.0 Å².